The fourth-order valence-electron chi connectivity index (χ4n) is 1.68. The standard InChI is InChI=1S/C13H14N2O2S/c1-17-11(16)8-7-10-12(15-13(14)18-10)9-5-3-2-4-6-9/h2-6H,7-8H2,1H3,(H2,14,15). The highest BCUT2D eigenvalue weighted by molar-refractivity contribution is 7.15. The molecule has 4 nitrogen and oxygen atoms in total. The average molecular weight is 262 g/mol. The van der Waals surface area contributed by atoms with E-state index in [-0.39, 0.29) is 5.97 Å². The summed E-state index contributed by atoms with van der Waals surface area (Å²) in [7, 11) is 1.39. The van der Waals surface area contributed by atoms with Crippen LogP contribution < -0.4 is 5.73 Å². The van der Waals surface area contributed by atoms with Crippen LogP contribution in [0.4, 0.5) is 5.13 Å². The van der Waals surface area contributed by atoms with Gasteiger partial charge in [0.05, 0.1) is 19.2 Å². The maximum atomic E-state index is 11.2. The Bertz CT molecular complexity index is 537. The Morgan fingerprint density at radius 3 is 2.78 bits per heavy atom. The number of aryl methyl sites for hydroxylation is 1. The van der Waals surface area contributed by atoms with E-state index in [1.54, 1.807) is 0 Å². The molecular weight excluding hydrogens is 248 g/mol. The van der Waals surface area contributed by atoms with E-state index in [1.165, 1.54) is 18.4 Å². The third-order valence-electron chi connectivity index (χ3n) is 2.54. The Morgan fingerprint density at radius 1 is 1.39 bits per heavy atom. The molecule has 1 aromatic carbocycles. The van der Waals surface area contributed by atoms with E-state index in [4.69, 9.17) is 5.73 Å². The highest BCUT2D eigenvalue weighted by Gasteiger charge is 2.13. The van der Waals surface area contributed by atoms with Crippen LogP contribution in [-0.2, 0) is 16.0 Å². The summed E-state index contributed by atoms with van der Waals surface area (Å²) in [6, 6.07) is 9.82. The molecule has 0 radical (unpaired) electrons. The summed E-state index contributed by atoms with van der Waals surface area (Å²) >= 11 is 1.42. The first-order valence-corrected chi connectivity index (χ1v) is 6.39. The van der Waals surface area contributed by atoms with Crippen molar-refractivity contribution in [3.63, 3.8) is 0 Å². The molecular formula is C13H14N2O2S. The Hall–Kier alpha value is -1.88. The molecule has 2 rings (SSSR count). The van der Waals surface area contributed by atoms with Gasteiger partial charge in [-0.3, -0.25) is 4.79 Å². The molecule has 0 saturated heterocycles. The molecule has 0 aliphatic heterocycles. The van der Waals surface area contributed by atoms with Gasteiger partial charge in [-0.15, -0.1) is 11.3 Å². The number of rotatable bonds is 4. The number of ether oxygens (including phenoxy) is 1. The SMILES string of the molecule is COC(=O)CCc1sc(N)nc1-c1ccccc1. The van der Waals surface area contributed by atoms with Crippen LogP contribution >= 0.6 is 11.3 Å². The fraction of sp³-hybridized carbons (Fsp3) is 0.231. The van der Waals surface area contributed by atoms with Crippen molar-refractivity contribution in [3.8, 4) is 11.3 Å². The van der Waals surface area contributed by atoms with Crippen molar-refractivity contribution in [3.05, 3.63) is 35.2 Å². The normalized spacial score (nSPS) is 10.3. The van der Waals surface area contributed by atoms with Gasteiger partial charge in [-0.1, -0.05) is 30.3 Å². The van der Waals surface area contributed by atoms with Gasteiger partial charge in [0.2, 0.25) is 0 Å². The number of carbonyl (C=O) groups is 1. The molecule has 0 aliphatic carbocycles. The van der Waals surface area contributed by atoms with Crippen molar-refractivity contribution >= 4 is 22.4 Å². The number of aromatic nitrogens is 1. The molecule has 0 bridgehead atoms. The topological polar surface area (TPSA) is 65.2 Å². The molecule has 2 N–H and O–H groups in total. The van der Waals surface area contributed by atoms with Crippen molar-refractivity contribution in [2.75, 3.05) is 12.8 Å². The van der Waals surface area contributed by atoms with E-state index in [0.29, 0.717) is 18.0 Å². The monoisotopic (exact) mass is 262 g/mol. The zero-order chi connectivity index (χ0) is 13.0. The second kappa shape index (κ2) is 5.64. The van der Waals surface area contributed by atoms with Crippen molar-refractivity contribution in [1.29, 1.82) is 0 Å². The number of esters is 1. The number of nitrogens with two attached hydrogens (primary N) is 1. The van der Waals surface area contributed by atoms with Crippen LogP contribution in [0.2, 0.25) is 0 Å². The molecule has 0 atom stereocenters. The van der Waals surface area contributed by atoms with E-state index in [0.717, 1.165) is 16.1 Å². The Balaban J connectivity index is 2.23. The molecule has 5 heteroatoms. The lowest BCUT2D eigenvalue weighted by Gasteiger charge is -2.01. The quantitative estimate of drug-likeness (QED) is 0.860. The van der Waals surface area contributed by atoms with Gasteiger partial charge in [-0.05, 0) is 6.42 Å². The molecule has 0 aliphatic rings. The molecule has 0 spiro atoms. The molecule has 94 valence electrons. The lowest BCUT2D eigenvalue weighted by molar-refractivity contribution is -0.140. The summed E-state index contributed by atoms with van der Waals surface area (Å²) in [6.45, 7) is 0. The first kappa shape index (κ1) is 12.6. The number of benzene rings is 1. The van der Waals surface area contributed by atoms with Crippen LogP contribution in [0.25, 0.3) is 11.3 Å². The lowest BCUT2D eigenvalue weighted by Crippen LogP contribution is -2.01. The zero-order valence-corrected chi connectivity index (χ0v) is 10.9. The Morgan fingerprint density at radius 2 is 2.11 bits per heavy atom. The number of methoxy groups -OCH3 is 1. The minimum Gasteiger partial charge on any atom is -0.469 e. The molecule has 0 amide bonds. The maximum absolute atomic E-state index is 11.2. The van der Waals surface area contributed by atoms with Crippen molar-refractivity contribution in [1.82, 2.24) is 4.98 Å². The van der Waals surface area contributed by atoms with E-state index in [9.17, 15) is 4.79 Å². The van der Waals surface area contributed by atoms with Crippen LogP contribution in [0.15, 0.2) is 30.3 Å². The molecule has 0 saturated carbocycles. The summed E-state index contributed by atoms with van der Waals surface area (Å²) in [6.07, 6.45) is 0.948. The Labute approximate surface area is 109 Å². The van der Waals surface area contributed by atoms with Gasteiger partial charge in [-0.25, -0.2) is 4.98 Å². The second-order valence-corrected chi connectivity index (χ2v) is 4.88. The van der Waals surface area contributed by atoms with Crippen molar-refractivity contribution in [2.45, 2.75) is 12.8 Å². The lowest BCUT2D eigenvalue weighted by atomic mass is 10.1. The fourth-order valence-corrected chi connectivity index (χ4v) is 2.53. The highest BCUT2D eigenvalue weighted by atomic mass is 32.1. The molecule has 1 heterocycles. The van der Waals surface area contributed by atoms with Gasteiger partial charge in [0.1, 0.15) is 0 Å². The van der Waals surface area contributed by atoms with Gasteiger partial charge in [-0.2, -0.15) is 0 Å². The minimum atomic E-state index is -0.221. The summed E-state index contributed by atoms with van der Waals surface area (Å²) in [5, 5.41) is 0.522. The summed E-state index contributed by atoms with van der Waals surface area (Å²) in [5.74, 6) is -0.221. The Kier molecular flexibility index (Phi) is 3.94. The smallest absolute Gasteiger partial charge is 0.305 e. The number of hydrogen-bond acceptors (Lipinski definition) is 5. The second-order valence-electron chi connectivity index (χ2n) is 3.77. The minimum absolute atomic E-state index is 0.221. The number of nitrogen functional groups attached to an aromatic ring is 1. The number of anilines is 1. The zero-order valence-electron chi connectivity index (χ0n) is 10.1. The first-order valence-electron chi connectivity index (χ1n) is 5.58. The largest absolute Gasteiger partial charge is 0.469 e. The third kappa shape index (κ3) is 2.87. The summed E-state index contributed by atoms with van der Waals surface area (Å²) in [5.41, 5.74) is 7.63. The van der Waals surface area contributed by atoms with E-state index in [2.05, 4.69) is 9.72 Å². The van der Waals surface area contributed by atoms with E-state index in [1.807, 2.05) is 30.3 Å². The number of carbonyl (C=O) groups excluding carboxylic acids is 1. The van der Waals surface area contributed by atoms with Crippen LogP contribution in [0.1, 0.15) is 11.3 Å². The summed E-state index contributed by atoms with van der Waals surface area (Å²) < 4.78 is 4.64. The molecule has 0 fully saturated rings. The molecule has 1 aromatic heterocycles. The van der Waals surface area contributed by atoms with Gasteiger partial charge in [0, 0.05) is 10.4 Å². The number of hydrogen-bond donors (Lipinski definition) is 1. The van der Waals surface area contributed by atoms with Gasteiger partial charge >= 0.3 is 5.97 Å². The molecule has 0 unspecified atom stereocenters. The average Bonchev–Trinajstić information content (AvgIpc) is 2.78. The van der Waals surface area contributed by atoms with Gasteiger partial charge in [0.25, 0.3) is 0 Å². The number of thiazole rings is 1. The van der Waals surface area contributed by atoms with Crippen LogP contribution in [0.5, 0.6) is 0 Å². The van der Waals surface area contributed by atoms with E-state index >= 15 is 0 Å². The molecule has 2 aromatic rings. The van der Waals surface area contributed by atoms with E-state index < -0.39 is 0 Å². The summed E-state index contributed by atoms with van der Waals surface area (Å²) in [4.78, 5) is 16.5. The highest BCUT2D eigenvalue weighted by Crippen LogP contribution is 2.30. The number of nitrogens with zero attached hydrogens (tertiary/aromatic N) is 1. The van der Waals surface area contributed by atoms with Crippen LogP contribution in [-0.4, -0.2) is 18.1 Å². The third-order valence-corrected chi connectivity index (χ3v) is 3.49. The first-order chi connectivity index (χ1) is 8.70. The predicted octanol–water partition coefficient (Wildman–Crippen LogP) is 2.50. The predicted molar refractivity (Wildman–Crippen MR) is 72.3 cm³/mol. The molecule has 18 heavy (non-hydrogen) atoms. The van der Waals surface area contributed by atoms with Gasteiger partial charge in [0.15, 0.2) is 5.13 Å². The van der Waals surface area contributed by atoms with Crippen molar-refractivity contribution in [2.24, 2.45) is 0 Å². The van der Waals surface area contributed by atoms with Crippen molar-refractivity contribution < 1.29 is 9.53 Å². The van der Waals surface area contributed by atoms with Crippen LogP contribution in [0, 0.1) is 0 Å². The van der Waals surface area contributed by atoms with Gasteiger partial charge < -0.3 is 10.5 Å². The maximum Gasteiger partial charge on any atom is 0.305 e. The van der Waals surface area contributed by atoms with Crippen LogP contribution in [0.3, 0.4) is 0 Å².